The number of nitrogens with one attached hydrogen (secondary N) is 2. The summed E-state index contributed by atoms with van der Waals surface area (Å²) in [6, 6.07) is 13.3. The first-order valence-electron chi connectivity index (χ1n) is 17.0. The third-order valence-electron chi connectivity index (χ3n) is 7.42. The molecule has 2 N–H and O–H groups in total. The molecule has 56 heavy (non-hydrogen) atoms. The molecule has 0 saturated heterocycles. The normalized spacial score (nSPS) is 10.8. The fraction of sp³-hybridized carbons (Fsp3) is 0.324. The number of H-pyrrole nitrogens is 1. The summed E-state index contributed by atoms with van der Waals surface area (Å²) < 4.78 is 41.5. The van der Waals surface area contributed by atoms with Crippen molar-refractivity contribution in [2.75, 3.05) is 35.2 Å². The molecule has 2 aromatic carbocycles. The molecule has 3 heterocycles. The molecular weight excluding hydrogens is 837 g/mol. The van der Waals surface area contributed by atoms with E-state index in [1.165, 1.54) is 23.7 Å². The minimum absolute atomic E-state index is 0.0140. The van der Waals surface area contributed by atoms with E-state index >= 15 is 0 Å². The second kappa shape index (κ2) is 22.7. The van der Waals surface area contributed by atoms with Crippen molar-refractivity contribution in [2.45, 2.75) is 51.9 Å². The van der Waals surface area contributed by atoms with Crippen molar-refractivity contribution in [3.8, 4) is 0 Å². The molecule has 0 aliphatic carbocycles. The average molecular weight is 879 g/mol. The number of sulfonamides is 1. The SMILES string of the molecule is CCOC(=O)c1sc(CC(=O)CS)c(C(=O)OCC)c1C.Cc1cc(CC(=O)CS)sn1.O=C(CS)Cc1ccc(S(=O)(=O)Nc2ccc3cn[nH]c3c2)cc1. The maximum atomic E-state index is 12.4. The Labute approximate surface area is 349 Å². The zero-order valence-corrected chi connectivity index (χ0v) is 36.1. The van der Waals surface area contributed by atoms with E-state index in [2.05, 4.69) is 57.2 Å². The van der Waals surface area contributed by atoms with Crippen molar-refractivity contribution >= 4 is 117 Å². The van der Waals surface area contributed by atoms with Gasteiger partial charge < -0.3 is 9.47 Å². The van der Waals surface area contributed by atoms with Gasteiger partial charge in [-0.15, -0.1) is 11.3 Å². The Hall–Kier alpha value is -4.01. The molecule has 0 aliphatic heterocycles. The van der Waals surface area contributed by atoms with Crippen molar-refractivity contribution in [3.63, 3.8) is 0 Å². The number of rotatable bonds is 16. The van der Waals surface area contributed by atoms with Crippen LogP contribution in [-0.4, -0.2) is 82.7 Å². The molecule has 19 heteroatoms. The molecule has 5 rings (SSSR count). The Balaban J connectivity index is 0.000000240. The number of ether oxygens (including phenoxy) is 2. The maximum absolute atomic E-state index is 12.4. The number of esters is 2. The fourth-order valence-corrected chi connectivity index (χ4v) is 8.19. The largest absolute Gasteiger partial charge is 0.462 e. The van der Waals surface area contributed by atoms with E-state index in [1.54, 1.807) is 57.3 Å². The highest BCUT2D eigenvalue weighted by Gasteiger charge is 2.27. The predicted molar refractivity (Wildman–Crippen MR) is 229 cm³/mol. The van der Waals surface area contributed by atoms with E-state index < -0.39 is 22.0 Å². The van der Waals surface area contributed by atoms with Crippen LogP contribution in [0.15, 0.2) is 59.6 Å². The molecule has 0 amide bonds. The summed E-state index contributed by atoms with van der Waals surface area (Å²) in [6.07, 6.45) is 2.45. The maximum Gasteiger partial charge on any atom is 0.348 e. The number of nitrogens with zero attached hydrogens (tertiary/aromatic N) is 2. The highest BCUT2D eigenvalue weighted by molar-refractivity contribution is 7.92. The van der Waals surface area contributed by atoms with Crippen LogP contribution in [0.4, 0.5) is 5.69 Å². The van der Waals surface area contributed by atoms with Gasteiger partial charge in [-0.3, -0.25) is 24.2 Å². The minimum Gasteiger partial charge on any atom is -0.462 e. The number of benzene rings is 2. The third kappa shape index (κ3) is 13.9. The second-order valence-electron chi connectivity index (χ2n) is 11.8. The number of hydrogen-bond acceptors (Lipinski definition) is 16. The van der Waals surface area contributed by atoms with Gasteiger partial charge >= 0.3 is 11.9 Å². The quantitative estimate of drug-likeness (QED) is 0.0549. The smallest absolute Gasteiger partial charge is 0.348 e. The van der Waals surface area contributed by atoms with Crippen LogP contribution >= 0.6 is 60.8 Å². The van der Waals surface area contributed by atoms with Crippen molar-refractivity contribution in [1.82, 2.24) is 14.6 Å². The molecule has 0 fully saturated rings. The minimum atomic E-state index is -3.70. The summed E-state index contributed by atoms with van der Waals surface area (Å²) in [5.41, 5.74) is 3.72. The van der Waals surface area contributed by atoms with E-state index in [0.717, 1.165) is 38.4 Å². The van der Waals surface area contributed by atoms with Gasteiger partial charge in [0.25, 0.3) is 10.0 Å². The summed E-state index contributed by atoms with van der Waals surface area (Å²) in [7, 11) is -3.70. The van der Waals surface area contributed by atoms with Crippen LogP contribution in [0.1, 0.15) is 60.5 Å². The molecule has 0 bridgehead atoms. The topological polar surface area (TPSA) is 192 Å². The average Bonchev–Trinajstić information content (AvgIpc) is 3.90. The summed E-state index contributed by atoms with van der Waals surface area (Å²) in [6.45, 7) is 7.45. The van der Waals surface area contributed by atoms with Crippen LogP contribution < -0.4 is 4.72 Å². The van der Waals surface area contributed by atoms with Crippen molar-refractivity contribution in [2.24, 2.45) is 0 Å². The number of carbonyl (C=O) groups excluding carboxylic acids is 5. The lowest BCUT2D eigenvalue weighted by Crippen LogP contribution is -2.13. The summed E-state index contributed by atoms with van der Waals surface area (Å²) in [5, 5.41) is 7.60. The Morgan fingerprint density at radius 3 is 2.00 bits per heavy atom. The van der Waals surface area contributed by atoms with Gasteiger partial charge in [-0.05, 0) is 86.8 Å². The van der Waals surface area contributed by atoms with E-state index in [0.29, 0.717) is 38.7 Å². The van der Waals surface area contributed by atoms with Crippen molar-refractivity contribution < 1.29 is 41.9 Å². The van der Waals surface area contributed by atoms with Crippen molar-refractivity contribution in [1.29, 1.82) is 0 Å². The lowest BCUT2D eigenvalue weighted by Gasteiger charge is -2.09. The van der Waals surface area contributed by atoms with Crippen LogP contribution in [0.2, 0.25) is 0 Å². The molecule has 5 aromatic rings. The Kier molecular flexibility index (Phi) is 18.8. The number of aromatic amines is 1. The highest BCUT2D eigenvalue weighted by Crippen LogP contribution is 2.30. The van der Waals surface area contributed by atoms with Crippen LogP contribution in [0, 0.1) is 13.8 Å². The Bertz CT molecular complexity index is 2250. The Morgan fingerprint density at radius 1 is 0.804 bits per heavy atom. The zero-order valence-electron chi connectivity index (χ0n) is 31.0. The van der Waals surface area contributed by atoms with Gasteiger partial charge in [0, 0.05) is 51.7 Å². The molecule has 0 unspecified atom stereocenters. The monoisotopic (exact) mass is 878 g/mol. The summed E-state index contributed by atoms with van der Waals surface area (Å²) >= 11 is 14.2. The summed E-state index contributed by atoms with van der Waals surface area (Å²) in [4.78, 5) is 59.8. The predicted octanol–water partition coefficient (Wildman–Crippen LogP) is 6.35. The van der Waals surface area contributed by atoms with Gasteiger partial charge in [-0.2, -0.15) is 47.4 Å². The highest BCUT2D eigenvalue weighted by atomic mass is 32.2. The molecule has 0 spiro atoms. The van der Waals surface area contributed by atoms with Gasteiger partial charge in [0.15, 0.2) is 0 Å². The van der Waals surface area contributed by atoms with E-state index in [-0.39, 0.29) is 59.8 Å². The van der Waals surface area contributed by atoms with Gasteiger partial charge in [-0.25, -0.2) is 18.0 Å². The molecule has 300 valence electrons. The second-order valence-corrected chi connectivity index (χ2v) is 16.4. The van der Waals surface area contributed by atoms with E-state index in [4.69, 9.17) is 9.47 Å². The lowest BCUT2D eigenvalue weighted by molar-refractivity contribution is -0.116. The standard InChI is InChI=1S/C16H15N3O3S2.C14H18O5S2.C7H9NOS2/c20-14(10-23)7-11-1-5-15(6-2-11)24(21,22)19-13-4-3-12-9-17-18-16(12)8-13;1-4-18-13(16)11-8(3)12(14(17)19-5-2)21-10(11)6-9(15)7-20;1-5-2-7(11-8-5)3-6(9)4-10/h1-6,8-9,19,23H,7,10H2,(H,17,18);20H,4-7H2,1-3H3;2,10H,3-4H2,1H3. The number of Topliss-reactive ketones (excluding diaryl/α,β-unsaturated/α-hetero) is 3. The number of thiophene rings is 1. The van der Waals surface area contributed by atoms with E-state index in [1.807, 2.05) is 13.0 Å². The molecule has 0 radical (unpaired) electrons. The van der Waals surface area contributed by atoms with Gasteiger partial charge in [0.05, 0.1) is 46.8 Å². The molecule has 0 atom stereocenters. The van der Waals surface area contributed by atoms with Crippen LogP contribution in [0.3, 0.4) is 0 Å². The first-order chi connectivity index (χ1) is 26.7. The van der Waals surface area contributed by atoms with Crippen molar-refractivity contribution in [3.05, 3.63) is 91.7 Å². The lowest BCUT2D eigenvalue weighted by atomic mass is 10.1. The van der Waals surface area contributed by atoms with Gasteiger partial charge in [0.2, 0.25) is 0 Å². The first kappa shape index (κ1) is 46.4. The number of anilines is 1. The zero-order chi connectivity index (χ0) is 41.4. The van der Waals surface area contributed by atoms with Crippen LogP contribution in [-0.2, 0) is 53.1 Å². The van der Waals surface area contributed by atoms with Gasteiger partial charge in [0.1, 0.15) is 22.2 Å². The number of aryl methyl sites for hydroxylation is 1. The molecule has 3 aromatic heterocycles. The number of carbonyl (C=O) groups is 5. The molecule has 13 nitrogen and oxygen atoms in total. The van der Waals surface area contributed by atoms with Crippen LogP contribution in [0.25, 0.3) is 10.9 Å². The molecule has 0 saturated carbocycles. The number of thiol groups is 3. The molecular formula is C37H42N4O9S6. The third-order valence-corrected chi connectivity index (χ3v) is 12.0. The number of hydrogen-bond donors (Lipinski definition) is 5. The van der Waals surface area contributed by atoms with Crippen LogP contribution in [0.5, 0.6) is 0 Å². The first-order valence-corrected chi connectivity index (χ1v) is 21.9. The fourth-order valence-electron chi connectivity index (χ4n) is 4.83. The number of ketones is 3. The number of aromatic nitrogens is 3. The summed E-state index contributed by atoms with van der Waals surface area (Å²) in [5.74, 6) is -0.445. The number of fused-ring (bicyclic) bond motifs is 1. The van der Waals surface area contributed by atoms with Gasteiger partial charge in [-0.1, -0.05) is 12.1 Å². The van der Waals surface area contributed by atoms with E-state index in [9.17, 15) is 32.4 Å². The molecule has 0 aliphatic rings. The Morgan fingerprint density at radius 2 is 1.41 bits per heavy atom.